The number of rotatable bonds is 5. The lowest BCUT2D eigenvalue weighted by atomic mass is 10.1. The van der Waals surface area contributed by atoms with Gasteiger partial charge in [0.2, 0.25) is 5.91 Å². The van der Waals surface area contributed by atoms with Crippen molar-refractivity contribution in [2.45, 2.75) is 26.7 Å². The zero-order chi connectivity index (χ0) is 13.8. The van der Waals surface area contributed by atoms with E-state index in [1.54, 1.807) is 0 Å². The molecule has 1 rings (SSSR count). The van der Waals surface area contributed by atoms with Gasteiger partial charge in [0.05, 0.1) is 5.75 Å². The highest BCUT2D eigenvalue weighted by atomic mass is 32.2. The molecule has 0 radical (unpaired) electrons. The highest BCUT2D eigenvalue weighted by Gasteiger charge is 2.11. The van der Waals surface area contributed by atoms with E-state index in [1.165, 1.54) is 0 Å². The van der Waals surface area contributed by atoms with E-state index in [1.807, 2.05) is 32.0 Å². The molecule has 0 bridgehead atoms. The third-order valence-corrected chi connectivity index (χ3v) is 3.65. The molecule has 1 aromatic carbocycles. The number of sulfone groups is 1. The van der Waals surface area contributed by atoms with Crippen molar-refractivity contribution >= 4 is 21.4 Å². The van der Waals surface area contributed by atoms with Crippen LogP contribution < -0.4 is 5.32 Å². The molecule has 1 amide bonds. The minimum Gasteiger partial charge on any atom is -0.326 e. The topological polar surface area (TPSA) is 63.2 Å². The number of para-hydroxylation sites is 1. The summed E-state index contributed by atoms with van der Waals surface area (Å²) in [6, 6.07) is 5.82. The molecule has 1 aromatic rings. The Morgan fingerprint density at radius 2 is 2.00 bits per heavy atom. The summed E-state index contributed by atoms with van der Waals surface area (Å²) in [5.74, 6) is -0.379. The van der Waals surface area contributed by atoms with Crippen molar-refractivity contribution < 1.29 is 13.2 Å². The lowest BCUT2D eigenvalue weighted by molar-refractivity contribution is -0.115. The summed E-state index contributed by atoms with van der Waals surface area (Å²) in [5, 5.41) is 2.80. The fraction of sp³-hybridized carbons (Fsp3) is 0.462. The van der Waals surface area contributed by atoms with Crippen molar-refractivity contribution in [2.24, 2.45) is 0 Å². The van der Waals surface area contributed by atoms with E-state index in [4.69, 9.17) is 0 Å². The van der Waals surface area contributed by atoms with Gasteiger partial charge in [-0.1, -0.05) is 25.1 Å². The normalized spacial score (nSPS) is 11.3. The number of hydrogen-bond acceptors (Lipinski definition) is 3. The van der Waals surface area contributed by atoms with Gasteiger partial charge < -0.3 is 5.32 Å². The molecule has 1 N–H and O–H groups in total. The summed E-state index contributed by atoms with van der Waals surface area (Å²) < 4.78 is 22.0. The molecule has 18 heavy (non-hydrogen) atoms. The Morgan fingerprint density at radius 3 is 2.56 bits per heavy atom. The SMILES string of the molecule is CCc1cccc(C)c1NC(=O)CCS(C)(=O)=O. The highest BCUT2D eigenvalue weighted by molar-refractivity contribution is 7.90. The number of amides is 1. The molecule has 4 nitrogen and oxygen atoms in total. The Bertz CT molecular complexity index is 535. The van der Waals surface area contributed by atoms with Crippen LogP contribution in [-0.4, -0.2) is 26.3 Å². The summed E-state index contributed by atoms with van der Waals surface area (Å²) in [7, 11) is -3.10. The summed E-state index contributed by atoms with van der Waals surface area (Å²) >= 11 is 0. The molecule has 0 aliphatic rings. The standard InChI is InChI=1S/C13H19NO3S/c1-4-11-7-5-6-10(2)13(11)14-12(15)8-9-18(3,16)17/h5-7H,4,8-9H2,1-3H3,(H,14,15). The van der Waals surface area contributed by atoms with Crippen LogP contribution in [0.4, 0.5) is 5.69 Å². The second-order valence-electron chi connectivity index (χ2n) is 4.39. The zero-order valence-electron chi connectivity index (χ0n) is 11.0. The molecule has 0 fully saturated rings. The second kappa shape index (κ2) is 6.00. The Hall–Kier alpha value is -1.36. The van der Waals surface area contributed by atoms with Crippen LogP contribution in [0.25, 0.3) is 0 Å². The van der Waals surface area contributed by atoms with Gasteiger partial charge in [-0.3, -0.25) is 4.79 Å². The number of benzene rings is 1. The van der Waals surface area contributed by atoms with Gasteiger partial charge in [-0.25, -0.2) is 8.42 Å². The molecule has 0 aromatic heterocycles. The number of aryl methyl sites for hydroxylation is 2. The maximum Gasteiger partial charge on any atom is 0.225 e. The van der Waals surface area contributed by atoms with E-state index in [-0.39, 0.29) is 18.1 Å². The zero-order valence-corrected chi connectivity index (χ0v) is 11.8. The minimum atomic E-state index is -3.10. The molecule has 0 saturated heterocycles. The number of carbonyl (C=O) groups excluding carboxylic acids is 1. The van der Waals surface area contributed by atoms with Gasteiger partial charge in [-0.05, 0) is 24.5 Å². The summed E-state index contributed by atoms with van der Waals surface area (Å²) in [6.45, 7) is 3.94. The largest absolute Gasteiger partial charge is 0.326 e. The van der Waals surface area contributed by atoms with E-state index in [2.05, 4.69) is 5.32 Å². The first kappa shape index (κ1) is 14.7. The van der Waals surface area contributed by atoms with Gasteiger partial charge in [0.25, 0.3) is 0 Å². The third kappa shape index (κ3) is 4.49. The molecule has 100 valence electrons. The molecule has 5 heteroatoms. The first-order valence-corrected chi connectivity index (χ1v) is 7.95. The average Bonchev–Trinajstić information content (AvgIpc) is 2.28. The Balaban J connectivity index is 2.76. The van der Waals surface area contributed by atoms with Crippen LogP contribution in [0.3, 0.4) is 0 Å². The molecule has 0 heterocycles. The van der Waals surface area contributed by atoms with Crippen LogP contribution in [0.15, 0.2) is 18.2 Å². The van der Waals surface area contributed by atoms with E-state index < -0.39 is 9.84 Å². The number of hydrogen-bond donors (Lipinski definition) is 1. The van der Waals surface area contributed by atoms with Crippen LogP contribution >= 0.6 is 0 Å². The molecular formula is C13H19NO3S. The third-order valence-electron chi connectivity index (χ3n) is 2.70. The van der Waals surface area contributed by atoms with Crippen molar-refractivity contribution in [3.05, 3.63) is 29.3 Å². The molecule has 0 aliphatic heterocycles. The minimum absolute atomic E-state index is 0.00365. The van der Waals surface area contributed by atoms with Gasteiger partial charge in [0, 0.05) is 18.4 Å². The number of carbonyl (C=O) groups is 1. The molecule has 0 spiro atoms. The number of nitrogens with one attached hydrogen (secondary N) is 1. The lowest BCUT2D eigenvalue weighted by Gasteiger charge is -2.12. The van der Waals surface area contributed by atoms with Gasteiger partial charge in [-0.15, -0.1) is 0 Å². The first-order valence-electron chi connectivity index (χ1n) is 5.89. The van der Waals surface area contributed by atoms with Crippen LogP contribution in [-0.2, 0) is 21.1 Å². The van der Waals surface area contributed by atoms with Crippen molar-refractivity contribution in [1.29, 1.82) is 0 Å². The summed E-state index contributed by atoms with van der Waals surface area (Å²) in [4.78, 5) is 11.7. The summed E-state index contributed by atoms with van der Waals surface area (Å²) in [6.07, 6.45) is 1.95. The smallest absolute Gasteiger partial charge is 0.225 e. The predicted molar refractivity (Wildman–Crippen MR) is 73.5 cm³/mol. The first-order chi connectivity index (χ1) is 8.33. The van der Waals surface area contributed by atoms with Crippen LogP contribution in [0.2, 0.25) is 0 Å². The van der Waals surface area contributed by atoms with Crippen LogP contribution in [0.5, 0.6) is 0 Å². The Labute approximate surface area is 108 Å². The van der Waals surface area contributed by atoms with Crippen molar-refractivity contribution in [3.63, 3.8) is 0 Å². The Morgan fingerprint density at radius 1 is 1.33 bits per heavy atom. The molecule has 0 aliphatic carbocycles. The molecular weight excluding hydrogens is 250 g/mol. The monoisotopic (exact) mass is 269 g/mol. The maximum absolute atomic E-state index is 11.7. The van der Waals surface area contributed by atoms with Gasteiger partial charge in [-0.2, -0.15) is 0 Å². The lowest BCUT2D eigenvalue weighted by Crippen LogP contribution is -2.18. The predicted octanol–water partition coefficient (Wildman–Crippen LogP) is 1.93. The van der Waals surface area contributed by atoms with Crippen LogP contribution in [0, 0.1) is 6.92 Å². The van der Waals surface area contributed by atoms with E-state index in [0.29, 0.717) is 0 Å². The molecule has 0 saturated carbocycles. The highest BCUT2D eigenvalue weighted by Crippen LogP contribution is 2.21. The average molecular weight is 269 g/mol. The molecule has 0 atom stereocenters. The van der Waals surface area contributed by atoms with Gasteiger partial charge in [0.15, 0.2) is 0 Å². The van der Waals surface area contributed by atoms with Gasteiger partial charge >= 0.3 is 0 Å². The summed E-state index contributed by atoms with van der Waals surface area (Å²) in [5.41, 5.74) is 2.85. The second-order valence-corrected chi connectivity index (χ2v) is 6.65. The maximum atomic E-state index is 11.7. The number of anilines is 1. The van der Waals surface area contributed by atoms with E-state index in [9.17, 15) is 13.2 Å². The van der Waals surface area contributed by atoms with Crippen molar-refractivity contribution in [2.75, 3.05) is 17.3 Å². The van der Waals surface area contributed by atoms with E-state index >= 15 is 0 Å². The van der Waals surface area contributed by atoms with Gasteiger partial charge in [0.1, 0.15) is 9.84 Å². The van der Waals surface area contributed by atoms with Crippen LogP contribution in [0.1, 0.15) is 24.5 Å². The van der Waals surface area contributed by atoms with E-state index in [0.717, 1.165) is 29.5 Å². The quantitative estimate of drug-likeness (QED) is 0.888. The van der Waals surface area contributed by atoms with Crippen molar-refractivity contribution in [3.8, 4) is 0 Å². The Kier molecular flexibility index (Phi) is 4.90. The fourth-order valence-electron chi connectivity index (χ4n) is 1.68. The van der Waals surface area contributed by atoms with Crippen molar-refractivity contribution in [1.82, 2.24) is 0 Å². The molecule has 0 unspecified atom stereocenters. The fourth-order valence-corrected chi connectivity index (χ4v) is 2.24.